The van der Waals surface area contributed by atoms with Crippen LogP contribution in [-0.4, -0.2) is 0 Å². The second-order valence-electron chi connectivity index (χ2n) is 3.78. The fourth-order valence-electron chi connectivity index (χ4n) is 1.65. The van der Waals surface area contributed by atoms with Crippen molar-refractivity contribution < 1.29 is 0 Å². The Kier molecular flexibility index (Phi) is 4.65. The van der Waals surface area contributed by atoms with Crippen LogP contribution in [0.4, 0.5) is 0 Å². The second kappa shape index (κ2) is 6.41. The Hall–Kier alpha value is -3.54. The van der Waals surface area contributed by atoms with Crippen molar-refractivity contribution in [2.24, 2.45) is 5.73 Å². The predicted octanol–water partition coefficient (Wildman–Crippen LogP) is 2.22. The van der Waals surface area contributed by atoms with Crippen molar-refractivity contribution in [3.63, 3.8) is 0 Å². The van der Waals surface area contributed by atoms with Crippen LogP contribution in [0.25, 0.3) is 11.3 Å². The van der Waals surface area contributed by atoms with Crippen molar-refractivity contribution in [1.82, 2.24) is 0 Å². The van der Waals surface area contributed by atoms with Gasteiger partial charge in [-0.25, -0.2) is 0 Å². The molecule has 5 nitrogen and oxygen atoms in total. The van der Waals surface area contributed by atoms with E-state index in [4.69, 9.17) is 26.8 Å². The lowest BCUT2D eigenvalue weighted by atomic mass is 9.94. The molecule has 0 radical (unpaired) electrons. The normalized spacial score (nSPS) is 8.25. The highest BCUT2D eigenvalue weighted by Gasteiger charge is 2.13. The summed E-state index contributed by atoms with van der Waals surface area (Å²) >= 11 is 0. The number of nitrogens with zero attached hydrogens (tertiary/aromatic N) is 4. The highest BCUT2D eigenvalue weighted by molar-refractivity contribution is 5.84. The van der Waals surface area contributed by atoms with Gasteiger partial charge in [0.1, 0.15) is 29.8 Å². The Bertz CT molecular complexity index is 671. The summed E-state index contributed by atoms with van der Waals surface area (Å²) in [7, 11) is 0. The Morgan fingerprint density at radius 3 is 1.75 bits per heavy atom. The molecule has 0 aromatic heterocycles. The molecular weight excluding hydrogens is 250 g/mol. The molecule has 20 heavy (non-hydrogen) atoms. The van der Waals surface area contributed by atoms with Gasteiger partial charge in [0.2, 0.25) is 0 Å². The maximum Gasteiger partial charge on any atom is 0.153 e. The lowest BCUT2D eigenvalue weighted by molar-refractivity contribution is 1.39. The molecule has 0 fully saturated rings. The number of nitrogens with two attached hydrogens (primary N) is 1. The Labute approximate surface area is 116 Å². The summed E-state index contributed by atoms with van der Waals surface area (Å²) in [6.07, 6.45) is 0. The molecule has 0 spiro atoms. The van der Waals surface area contributed by atoms with Crippen LogP contribution in [0.1, 0.15) is 18.1 Å². The Morgan fingerprint density at radius 2 is 1.30 bits per heavy atom. The van der Waals surface area contributed by atoms with Crippen LogP contribution in [0.15, 0.2) is 35.4 Å². The first-order valence-electron chi connectivity index (χ1n) is 5.51. The molecule has 0 heterocycles. The average molecular weight is 259 g/mol. The second-order valence-corrected chi connectivity index (χ2v) is 3.78. The van der Waals surface area contributed by atoms with Crippen LogP contribution in [0.5, 0.6) is 0 Å². The Morgan fingerprint density at radius 1 is 0.850 bits per heavy atom. The standard InChI is InChI=1S/C15H9N5/c1-10(11(6-16)7-17)13-4-2-3-5-14(13)15(20)12(8-18)9-19/h2-5H,20H2,1H3. The molecule has 1 rings (SSSR count). The van der Waals surface area contributed by atoms with E-state index in [1.807, 2.05) is 0 Å². The first-order valence-corrected chi connectivity index (χ1v) is 5.51. The molecule has 0 saturated heterocycles. The highest BCUT2D eigenvalue weighted by atomic mass is 14.6. The van der Waals surface area contributed by atoms with E-state index in [0.29, 0.717) is 16.7 Å². The van der Waals surface area contributed by atoms with Gasteiger partial charge in [0.25, 0.3) is 0 Å². The minimum atomic E-state index is -0.208. The van der Waals surface area contributed by atoms with E-state index >= 15 is 0 Å². The summed E-state index contributed by atoms with van der Waals surface area (Å²) < 4.78 is 0. The van der Waals surface area contributed by atoms with Gasteiger partial charge < -0.3 is 5.73 Å². The maximum atomic E-state index is 8.91. The zero-order valence-electron chi connectivity index (χ0n) is 10.7. The largest absolute Gasteiger partial charge is 0.397 e. The van der Waals surface area contributed by atoms with Crippen LogP contribution in [0.3, 0.4) is 0 Å². The molecule has 94 valence electrons. The topological polar surface area (TPSA) is 121 Å². The summed E-state index contributed by atoms with van der Waals surface area (Å²) in [5.74, 6) is 0. The van der Waals surface area contributed by atoms with Crippen molar-refractivity contribution in [1.29, 1.82) is 21.0 Å². The third kappa shape index (κ3) is 2.65. The van der Waals surface area contributed by atoms with Gasteiger partial charge in [-0.1, -0.05) is 24.3 Å². The predicted molar refractivity (Wildman–Crippen MR) is 72.6 cm³/mol. The first kappa shape index (κ1) is 14.5. The van der Waals surface area contributed by atoms with Crippen molar-refractivity contribution in [3.05, 3.63) is 46.5 Å². The number of allylic oxidation sites excluding steroid dienone is 3. The van der Waals surface area contributed by atoms with Gasteiger partial charge >= 0.3 is 0 Å². The summed E-state index contributed by atoms with van der Waals surface area (Å²) in [6.45, 7) is 1.62. The van der Waals surface area contributed by atoms with Gasteiger partial charge in [0, 0.05) is 5.56 Å². The molecule has 0 aliphatic heterocycles. The number of rotatable bonds is 2. The first-order chi connectivity index (χ1) is 9.60. The molecule has 1 aromatic carbocycles. The SMILES string of the molecule is CC(=C(C#N)C#N)c1ccccc1C(N)=C(C#N)C#N. The van der Waals surface area contributed by atoms with Crippen LogP contribution in [-0.2, 0) is 0 Å². The molecule has 0 amide bonds. The van der Waals surface area contributed by atoms with Gasteiger partial charge in [-0.05, 0) is 18.1 Å². The molecule has 5 heteroatoms. The average Bonchev–Trinajstić information content (AvgIpc) is 2.49. The minimum Gasteiger partial charge on any atom is -0.397 e. The monoisotopic (exact) mass is 259 g/mol. The molecule has 0 aliphatic rings. The number of hydrogen-bond donors (Lipinski definition) is 1. The van der Waals surface area contributed by atoms with E-state index in [1.165, 1.54) is 0 Å². The van der Waals surface area contributed by atoms with E-state index in [1.54, 1.807) is 55.5 Å². The van der Waals surface area contributed by atoms with Gasteiger partial charge in [-0.3, -0.25) is 0 Å². The van der Waals surface area contributed by atoms with E-state index in [-0.39, 0.29) is 16.8 Å². The van der Waals surface area contributed by atoms with Gasteiger partial charge in [0.05, 0.1) is 5.70 Å². The third-order valence-electron chi connectivity index (χ3n) is 2.71. The lowest BCUT2D eigenvalue weighted by Gasteiger charge is -2.10. The Balaban J connectivity index is 3.68. The smallest absolute Gasteiger partial charge is 0.153 e. The summed E-state index contributed by atoms with van der Waals surface area (Å²) in [6, 6.07) is 13.8. The van der Waals surface area contributed by atoms with Crippen molar-refractivity contribution >= 4 is 11.3 Å². The molecule has 0 aliphatic carbocycles. The molecular formula is C15H9N5. The van der Waals surface area contributed by atoms with E-state index in [2.05, 4.69) is 0 Å². The summed E-state index contributed by atoms with van der Waals surface area (Å²) in [5, 5.41) is 35.5. The molecule has 0 unspecified atom stereocenters. The molecule has 0 bridgehead atoms. The third-order valence-corrected chi connectivity index (χ3v) is 2.71. The van der Waals surface area contributed by atoms with Crippen LogP contribution < -0.4 is 5.73 Å². The molecule has 2 N–H and O–H groups in total. The molecule has 1 aromatic rings. The minimum absolute atomic E-state index is 0.0279. The van der Waals surface area contributed by atoms with Gasteiger partial charge in [-0.2, -0.15) is 21.0 Å². The number of nitriles is 4. The van der Waals surface area contributed by atoms with Crippen LogP contribution in [0, 0.1) is 45.3 Å². The van der Waals surface area contributed by atoms with Crippen LogP contribution >= 0.6 is 0 Å². The van der Waals surface area contributed by atoms with Crippen LogP contribution in [0.2, 0.25) is 0 Å². The van der Waals surface area contributed by atoms with E-state index in [9.17, 15) is 0 Å². The van der Waals surface area contributed by atoms with Crippen molar-refractivity contribution in [2.45, 2.75) is 6.92 Å². The molecule has 0 saturated carbocycles. The zero-order chi connectivity index (χ0) is 15.1. The van der Waals surface area contributed by atoms with Gasteiger partial charge in [-0.15, -0.1) is 0 Å². The summed E-state index contributed by atoms with van der Waals surface area (Å²) in [4.78, 5) is 0. The fourth-order valence-corrected chi connectivity index (χ4v) is 1.65. The fraction of sp³-hybridized carbons (Fsp3) is 0.0667. The van der Waals surface area contributed by atoms with Crippen molar-refractivity contribution in [3.8, 4) is 24.3 Å². The lowest BCUT2D eigenvalue weighted by Crippen LogP contribution is -2.03. The number of hydrogen-bond acceptors (Lipinski definition) is 5. The van der Waals surface area contributed by atoms with E-state index < -0.39 is 0 Å². The van der Waals surface area contributed by atoms with Crippen molar-refractivity contribution in [2.75, 3.05) is 0 Å². The number of benzene rings is 1. The molecule has 0 atom stereocenters. The van der Waals surface area contributed by atoms with Gasteiger partial charge in [0.15, 0.2) is 5.57 Å². The maximum absolute atomic E-state index is 8.91. The quantitative estimate of drug-likeness (QED) is 0.816. The highest BCUT2D eigenvalue weighted by Crippen LogP contribution is 2.26. The zero-order valence-corrected chi connectivity index (χ0v) is 10.7. The van der Waals surface area contributed by atoms with E-state index in [0.717, 1.165) is 0 Å². The summed E-state index contributed by atoms with van der Waals surface area (Å²) in [5.41, 5.74) is 7.05.